The Hall–Kier alpha value is -2.01. The average Bonchev–Trinajstić information content (AvgIpc) is 2.91. The van der Waals surface area contributed by atoms with Crippen molar-refractivity contribution in [2.24, 2.45) is 11.0 Å². The first-order chi connectivity index (χ1) is 8.93. The van der Waals surface area contributed by atoms with Gasteiger partial charge >= 0.3 is 0 Å². The van der Waals surface area contributed by atoms with Gasteiger partial charge in [-0.05, 0) is 32.2 Å². The van der Waals surface area contributed by atoms with Crippen molar-refractivity contribution in [3.05, 3.63) is 22.7 Å². The maximum Gasteiger partial charge on any atom is 0.228 e. The predicted molar refractivity (Wildman–Crippen MR) is 71.7 cm³/mol. The minimum absolute atomic E-state index is 0.0594. The first kappa shape index (κ1) is 13.4. The van der Waals surface area contributed by atoms with Gasteiger partial charge in [0.1, 0.15) is 5.82 Å². The van der Waals surface area contributed by atoms with Gasteiger partial charge in [-0.15, -0.1) is 0 Å². The molecule has 0 aliphatic carbocycles. The molecule has 2 heterocycles. The Morgan fingerprint density at radius 3 is 2.95 bits per heavy atom. The Labute approximate surface area is 111 Å². The lowest BCUT2D eigenvalue weighted by Gasteiger charge is -2.26. The van der Waals surface area contributed by atoms with Gasteiger partial charge in [-0.3, -0.25) is 9.69 Å². The number of hydrogen-bond donors (Lipinski definition) is 0. The molecule has 1 saturated heterocycles. The van der Waals surface area contributed by atoms with Crippen LogP contribution >= 0.6 is 0 Å². The van der Waals surface area contributed by atoms with Crippen LogP contribution in [0, 0.1) is 5.92 Å². The number of hydrogen-bond acceptors (Lipinski definition) is 3. The summed E-state index contributed by atoms with van der Waals surface area (Å²) >= 11 is 0. The summed E-state index contributed by atoms with van der Waals surface area (Å²) in [7, 11) is 0. The largest absolute Gasteiger partial charge is 0.297 e. The maximum atomic E-state index is 12.1. The standard InChI is InChI=1S/C12H18N6O/c1-12(2,3)18-10(4-5-15-18)17-8-9(6-11(17)19)7-14-16-13/h4-5,9H,6-8H2,1-3H3. The van der Waals surface area contributed by atoms with Crippen LogP contribution in [0.5, 0.6) is 0 Å². The third kappa shape index (κ3) is 2.71. The first-order valence-corrected chi connectivity index (χ1v) is 6.29. The second-order valence-corrected chi connectivity index (χ2v) is 5.76. The summed E-state index contributed by atoms with van der Waals surface area (Å²) < 4.78 is 1.85. The number of anilines is 1. The maximum absolute atomic E-state index is 12.1. The Morgan fingerprint density at radius 2 is 2.32 bits per heavy atom. The zero-order valence-corrected chi connectivity index (χ0v) is 11.4. The molecule has 0 saturated carbocycles. The molecule has 1 fully saturated rings. The Kier molecular flexibility index (Phi) is 3.48. The van der Waals surface area contributed by atoms with Gasteiger partial charge in [0, 0.05) is 30.5 Å². The van der Waals surface area contributed by atoms with Crippen molar-refractivity contribution in [2.75, 3.05) is 18.0 Å². The normalized spacial score (nSPS) is 19.6. The zero-order chi connectivity index (χ0) is 14.0. The van der Waals surface area contributed by atoms with Crippen LogP contribution in [0.25, 0.3) is 10.4 Å². The van der Waals surface area contributed by atoms with E-state index in [4.69, 9.17) is 5.53 Å². The summed E-state index contributed by atoms with van der Waals surface area (Å²) in [6, 6.07) is 1.85. The van der Waals surface area contributed by atoms with Crippen LogP contribution in [0.3, 0.4) is 0 Å². The van der Waals surface area contributed by atoms with Crippen molar-refractivity contribution in [1.29, 1.82) is 0 Å². The van der Waals surface area contributed by atoms with Gasteiger partial charge in [-0.25, -0.2) is 4.68 Å². The lowest BCUT2D eigenvalue weighted by molar-refractivity contribution is -0.117. The van der Waals surface area contributed by atoms with Crippen LogP contribution in [-0.4, -0.2) is 28.8 Å². The van der Waals surface area contributed by atoms with E-state index in [1.165, 1.54) is 0 Å². The highest BCUT2D eigenvalue weighted by Crippen LogP contribution is 2.28. The number of nitrogens with zero attached hydrogens (tertiary/aromatic N) is 6. The van der Waals surface area contributed by atoms with Crippen molar-refractivity contribution in [3.63, 3.8) is 0 Å². The highest BCUT2D eigenvalue weighted by Gasteiger charge is 2.33. The lowest BCUT2D eigenvalue weighted by atomic mass is 10.1. The number of carbonyl (C=O) groups is 1. The van der Waals surface area contributed by atoms with Crippen molar-refractivity contribution in [3.8, 4) is 0 Å². The first-order valence-electron chi connectivity index (χ1n) is 6.29. The van der Waals surface area contributed by atoms with E-state index in [0.29, 0.717) is 19.5 Å². The smallest absolute Gasteiger partial charge is 0.228 e. The van der Waals surface area contributed by atoms with Crippen molar-refractivity contribution in [1.82, 2.24) is 9.78 Å². The fourth-order valence-corrected chi connectivity index (χ4v) is 2.29. The monoisotopic (exact) mass is 262 g/mol. The molecule has 7 nitrogen and oxygen atoms in total. The van der Waals surface area contributed by atoms with Gasteiger partial charge in [-0.1, -0.05) is 5.11 Å². The molecule has 1 unspecified atom stereocenters. The topological polar surface area (TPSA) is 86.9 Å². The molecule has 1 aromatic heterocycles. The molecular weight excluding hydrogens is 244 g/mol. The summed E-state index contributed by atoms with van der Waals surface area (Å²) in [6.07, 6.45) is 2.13. The van der Waals surface area contributed by atoms with Crippen molar-refractivity contribution in [2.45, 2.75) is 32.7 Å². The van der Waals surface area contributed by atoms with Gasteiger partial charge in [0.15, 0.2) is 0 Å². The molecule has 1 atom stereocenters. The molecule has 0 spiro atoms. The highest BCUT2D eigenvalue weighted by molar-refractivity contribution is 5.95. The van der Waals surface area contributed by atoms with E-state index >= 15 is 0 Å². The van der Waals surface area contributed by atoms with E-state index in [0.717, 1.165) is 5.82 Å². The van der Waals surface area contributed by atoms with E-state index in [1.807, 2.05) is 31.5 Å². The summed E-state index contributed by atoms with van der Waals surface area (Å²) in [4.78, 5) is 16.6. The molecule has 1 aromatic rings. The Bertz CT molecular complexity index is 523. The summed E-state index contributed by atoms with van der Waals surface area (Å²) in [5.41, 5.74) is 8.16. The minimum Gasteiger partial charge on any atom is -0.297 e. The van der Waals surface area contributed by atoms with E-state index in [1.54, 1.807) is 11.1 Å². The van der Waals surface area contributed by atoms with Crippen molar-refractivity contribution < 1.29 is 4.79 Å². The van der Waals surface area contributed by atoms with Gasteiger partial charge in [-0.2, -0.15) is 5.10 Å². The number of aromatic nitrogens is 2. The fourth-order valence-electron chi connectivity index (χ4n) is 2.29. The highest BCUT2D eigenvalue weighted by atomic mass is 16.2. The van der Waals surface area contributed by atoms with E-state index in [2.05, 4.69) is 15.1 Å². The number of azide groups is 1. The number of carbonyl (C=O) groups excluding carboxylic acids is 1. The molecule has 102 valence electrons. The van der Waals surface area contributed by atoms with Crippen LogP contribution in [0.15, 0.2) is 17.4 Å². The second-order valence-electron chi connectivity index (χ2n) is 5.76. The average molecular weight is 262 g/mol. The molecule has 1 aliphatic rings. The quantitative estimate of drug-likeness (QED) is 0.475. The molecule has 1 amide bonds. The predicted octanol–water partition coefficient (Wildman–Crippen LogP) is 2.30. The Balaban J connectivity index is 2.21. The zero-order valence-electron chi connectivity index (χ0n) is 11.4. The SMILES string of the molecule is CC(C)(C)n1nccc1N1CC(CN=[N+]=[N-])CC1=O. The van der Waals surface area contributed by atoms with E-state index in [-0.39, 0.29) is 17.4 Å². The number of amides is 1. The molecule has 19 heavy (non-hydrogen) atoms. The van der Waals surface area contributed by atoms with Crippen LogP contribution < -0.4 is 4.90 Å². The van der Waals surface area contributed by atoms with Gasteiger partial charge < -0.3 is 0 Å². The summed E-state index contributed by atoms with van der Waals surface area (Å²) in [5, 5.41) is 7.85. The molecule has 1 aliphatic heterocycles. The molecule has 0 radical (unpaired) electrons. The third-order valence-electron chi connectivity index (χ3n) is 3.14. The molecule has 2 rings (SSSR count). The Morgan fingerprint density at radius 1 is 1.58 bits per heavy atom. The molecule has 0 N–H and O–H groups in total. The minimum atomic E-state index is -0.179. The van der Waals surface area contributed by atoms with Gasteiger partial charge in [0.2, 0.25) is 5.91 Å². The van der Waals surface area contributed by atoms with Gasteiger partial charge in [0.25, 0.3) is 0 Å². The van der Waals surface area contributed by atoms with Crippen LogP contribution in [-0.2, 0) is 10.3 Å². The van der Waals surface area contributed by atoms with Crippen LogP contribution in [0.4, 0.5) is 5.82 Å². The molecule has 0 aromatic carbocycles. The van der Waals surface area contributed by atoms with Crippen LogP contribution in [0.2, 0.25) is 0 Å². The molecule has 7 heteroatoms. The summed E-state index contributed by atoms with van der Waals surface area (Å²) in [5.74, 6) is 0.955. The van der Waals surface area contributed by atoms with Gasteiger partial charge in [0.05, 0.1) is 11.7 Å². The number of rotatable bonds is 3. The summed E-state index contributed by atoms with van der Waals surface area (Å²) in [6.45, 7) is 7.08. The third-order valence-corrected chi connectivity index (χ3v) is 3.14. The molecular formula is C12H18N6O. The molecule has 0 bridgehead atoms. The second kappa shape index (κ2) is 4.93. The van der Waals surface area contributed by atoms with E-state index in [9.17, 15) is 4.79 Å². The van der Waals surface area contributed by atoms with E-state index < -0.39 is 0 Å². The van der Waals surface area contributed by atoms with Crippen molar-refractivity contribution >= 4 is 11.7 Å². The van der Waals surface area contributed by atoms with Crippen LogP contribution in [0.1, 0.15) is 27.2 Å². The lowest BCUT2D eigenvalue weighted by Crippen LogP contribution is -2.32. The fraction of sp³-hybridized carbons (Fsp3) is 0.667.